The highest BCUT2D eigenvalue weighted by atomic mass is 19.1. The number of aliphatic hydroxyl groups is 1. The topological polar surface area (TPSA) is 32.3 Å². The van der Waals surface area contributed by atoms with Crippen molar-refractivity contribution in [1.29, 1.82) is 0 Å². The molecule has 17 heavy (non-hydrogen) atoms. The molecule has 1 saturated heterocycles. The molecule has 1 aromatic rings. The molecule has 1 fully saturated rings. The second kappa shape index (κ2) is 5.15. The maximum Gasteiger partial charge on any atom is 0.123 e. The van der Waals surface area contributed by atoms with E-state index < -0.39 is 5.60 Å². The molecule has 0 spiro atoms. The minimum Gasteiger partial charge on any atom is -0.389 e. The average molecular weight is 237 g/mol. The van der Waals surface area contributed by atoms with Gasteiger partial charge >= 0.3 is 0 Å². The van der Waals surface area contributed by atoms with Crippen LogP contribution in [0.1, 0.15) is 25.3 Å². The number of hydrogen-bond acceptors (Lipinski definition) is 2. The molecule has 1 aliphatic rings. The monoisotopic (exact) mass is 237 g/mol. The highest BCUT2D eigenvalue weighted by molar-refractivity contribution is 5.19. The minimum atomic E-state index is -0.641. The quantitative estimate of drug-likeness (QED) is 0.844. The van der Waals surface area contributed by atoms with Crippen molar-refractivity contribution in [3.8, 4) is 0 Å². The number of benzene rings is 1. The van der Waals surface area contributed by atoms with Gasteiger partial charge in [-0.2, -0.15) is 0 Å². The van der Waals surface area contributed by atoms with Crippen molar-refractivity contribution in [3.05, 3.63) is 35.6 Å². The summed E-state index contributed by atoms with van der Waals surface area (Å²) in [6, 6.07) is 6.45. The zero-order chi connectivity index (χ0) is 12.3. The highest BCUT2D eigenvalue weighted by Gasteiger charge is 2.37. The number of piperidine rings is 1. The van der Waals surface area contributed by atoms with Crippen LogP contribution in [-0.2, 0) is 6.42 Å². The van der Waals surface area contributed by atoms with Crippen molar-refractivity contribution in [2.45, 2.75) is 31.8 Å². The summed E-state index contributed by atoms with van der Waals surface area (Å²) in [6.07, 6.45) is 2.35. The van der Waals surface area contributed by atoms with Gasteiger partial charge < -0.3 is 10.4 Å². The van der Waals surface area contributed by atoms with Crippen LogP contribution in [-0.4, -0.2) is 23.8 Å². The van der Waals surface area contributed by atoms with E-state index in [1.165, 1.54) is 12.1 Å². The van der Waals surface area contributed by atoms with Gasteiger partial charge in [0.1, 0.15) is 5.82 Å². The van der Waals surface area contributed by atoms with Gasteiger partial charge in [0.15, 0.2) is 0 Å². The molecule has 0 amide bonds. The molecular weight excluding hydrogens is 217 g/mol. The van der Waals surface area contributed by atoms with Gasteiger partial charge in [-0.05, 0) is 37.1 Å². The summed E-state index contributed by atoms with van der Waals surface area (Å²) in [6.45, 7) is 3.83. The van der Waals surface area contributed by atoms with E-state index in [1.807, 2.05) is 0 Å². The molecule has 0 saturated carbocycles. The van der Waals surface area contributed by atoms with Crippen LogP contribution < -0.4 is 5.32 Å². The van der Waals surface area contributed by atoms with Crippen molar-refractivity contribution in [2.75, 3.05) is 13.1 Å². The van der Waals surface area contributed by atoms with E-state index in [0.717, 1.165) is 31.5 Å². The number of nitrogens with one attached hydrogen (secondary N) is 1. The maximum absolute atomic E-state index is 12.8. The number of hydrogen-bond donors (Lipinski definition) is 2. The Morgan fingerprint density at radius 2 is 2.12 bits per heavy atom. The van der Waals surface area contributed by atoms with Crippen LogP contribution in [0.2, 0.25) is 0 Å². The summed E-state index contributed by atoms with van der Waals surface area (Å²) in [5, 5.41) is 14.0. The first-order chi connectivity index (χ1) is 8.14. The van der Waals surface area contributed by atoms with Crippen LogP contribution in [0, 0.1) is 11.7 Å². The van der Waals surface area contributed by atoms with Crippen molar-refractivity contribution in [1.82, 2.24) is 5.32 Å². The molecule has 2 rings (SSSR count). The largest absolute Gasteiger partial charge is 0.389 e. The van der Waals surface area contributed by atoms with Crippen LogP contribution in [0.4, 0.5) is 4.39 Å². The predicted octanol–water partition coefficient (Wildman–Crippen LogP) is 2.12. The van der Waals surface area contributed by atoms with Crippen molar-refractivity contribution >= 4 is 0 Å². The lowest BCUT2D eigenvalue weighted by Crippen LogP contribution is -2.51. The van der Waals surface area contributed by atoms with E-state index in [0.29, 0.717) is 6.42 Å². The Bertz CT molecular complexity index is 365. The fraction of sp³-hybridized carbons (Fsp3) is 0.571. The summed E-state index contributed by atoms with van der Waals surface area (Å²) >= 11 is 0. The Hall–Kier alpha value is -0.930. The molecule has 1 aromatic carbocycles. The van der Waals surface area contributed by atoms with Gasteiger partial charge in [0.25, 0.3) is 0 Å². The van der Waals surface area contributed by atoms with Crippen LogP contribution >= 0.6 is 0 Å². The lowest BCUT2D eigenvalue weighted by atomic mass is 9.76. The second-order valence-corrected chi connectivity index (χ2v) is 4.97. The minimum absolute atomic E-state index is 0.224. The normalized spacial score (nSPS) is 29.2. The summed E-state index contributed by atoms with van der Waals surface area (Å²) < 4.78 is 12.8. The first-order valence-corrected chi connectivity index (χ1v) is 6.31. The third-order valence-electron chi connectivity index (χ3n) is 3.80. The Kier molecular flexibility index (Phi) is 3.79. The van der Waals surface area contributed by atoms with Gasteiger partial charge in [-0.3, -0.25) is 0 Å². The van der Waals surface area contributed by atoms with Gasteiger partial charge in [0.2, 0.25) is 0 Å². The first-order valence-electron chi connectivity index (χ1n) is 6.31. The van der Waals surface area contributed by atoms with Crippen molar-refractivity contribution in [2.24, 2.45) is 5.92 Å². The average Bonchev–Trinajstić information content (AvgIpc) is 2.32. The van der Waals surface area contributed by atoms with Crippen LogP contribution in [0.5, 0.6) is 0 Å². The predicted molar refractivity (Wildman–Crippen MR) is 66.3 cm³/mol. The lowest BCUT2D eigenvalue weighted by Gasteiger charge is -2.40. The molecular formula is C14H20FNO. The zero-order valence-electron chi connectivity index (χ0n) is 10.2. The molecule has 2 atom stereocenters. The van der Waals surface area contributed by atoms with Crippen molar-refractivity contribution < 1.29 is 9.50 Å². The van der Waals surface area contributed by atoms with Gasteiger partial charge in [-0.1, -0.05) is 19.1 Å². The summed E-state index contributed by atoms with van der Waals surface area (Å²) in [4.78, 5) is 0. The molecule has 2 N–H and O–H groups in total. The van der Waals surface area contributed by atoms with Gasteiger partial charge in [-0.15, -0.1) is 0 Å². The number of halogens is 1. The Labute approximate surface area is 102 Å². The van der Waals surface area contributed by atoms with Crippen molar-refractivity contribution in [3.63, 3.8) is 0 Å². The smallest absolute Gasteiger partial charge is 0.123 e. The van der Waals surface area contributed by atoms with Crippen LogP contribution in [0.15, 0.2) is 24.3 Å². The van der Waals surface area contributed by atoms with Crippen LogP contribution in [0.25, 0.3) is 0 Å². The Morgan fingerprint density at radius 3 is 2.76 bits per heavy atom. The third kappa shape index (κ3) is 2.85. The van der Waals surface area contributed by atoms with E-state index >= 15 is 0 Å². The van der Waals surface area contributed by atoms with E-state index in [4.69, 9.17) is 0 Å². The maximum atomic E-state index is 12.8. The van der Waals surface area contributed by atoms with Crippen LogP contribution in [0.3, 0.4) is 0 Å². The molecule has 0 radical (unpaired) electrons. The zero-order valence-corrected chi connectivity index (χ0v) is 10.2. The van der Waals surface area contributed by atoms with E-state index in [9.17, 15) is 9.50 Å². The molecule has 2 nitrogen and oxygen atoms in total. The molecule has 0 bridgehead atoms. The highest BCUT2D eigenvalue weighted by Crippen LogP contribution is 2.30. The van der Waals surface area contributed by atoms with E-state index in [2.05, 4.69) is 12.2 Å². The summed E-state index contributed by atoms with van der Waals surface area (Å²) in [5.41, 5.74) is 0.368. The Morgan fingerprint density at radius 1 is 1.41 bits per heavy atom. The Balaban J connectivity index is 2.11. The fourth-order valence-corrected chi connectivity index (χ4v) is 2.69. The standard InChI is InChI=1S/C14H20FNO/c1-2-12-10-16-8-7-14(12,17)9-11-3-5-13(15)6-4-11/h3-6,12,16-17H,2,7-10H2,1H3. The van der Waals surface area contributed by atoms with Gasteiger partial charge in [0.05, 0.1) is 5.60 Å². The van der Waals surface area contributed by atoms with Gasteiger partial charge in [-0.25, -0.2) is 4.39 Å². The molecule has 3 heteroatoms. The first kappa shape index (κ1) is 12.5. The fourth-order valence-electron chi connectivity index (χ4n) is 2.69. The van der Waals surface area contributed by atoms with E-state index in [1.54, 1.807) is 12.1 Å². The molecule has 94 valence electrons. The number of rotatable bonds is 3. The lowest BCUT2D eigenvalue weighted by molar-refractivity contribution is -0.0414. The second-order valence-electron chi connectivity index (χ2n) is 4.97. The van der Waals surface area contributed by atoms with E-state index in [-0.39, 0.29) is 11.7 Å². The SMILES string of the molecule is CCC1CNCCC1(O)Cc1ccc(F)cc1. The molecule has 0 aliphatic carbocycles. The summed E-state index contributed by atoms with van der Waals surface area (Å²) in [5.74, 6) is 0.0550. The molecule has 2 unspecified atom stereocenters. The third-order valence-corrected chi connectivity index (χ3v) is 3.80. The van der Waals surface area contributed by atoms with Gasteiger partial charge in [0, 0.05) is 18.9 Å². The molecule has 1 heterocycles. The molecule has 0 aromatic heterocycles. The molecule has 1 aliphatic heterocycles. The summed E-state index contributed by atoms with van der Waals surface area (Å²) in [7, 11) is 0.